The minimum absolute atomic E-state index is 0.249. The number of fused-ring (bicyclic) bond motifs is 1. The van der Waals surface area contributed by atoms with Gasteiger partial charge in [0, 0.05) is 31.6 Å². The fraction of sp³-hybridized carbons (Fsp3) is 0.538. The zero-order chi connectivity index (χ0) is 23.1. The van der Waals surface area contributed by atoms with Crippen LogP contribution in [-0.4, -0.2) is 31.3 Å². The highest BCUT2D eigenvalue weighted by atomic mass is 19.1. The fourth-order valence-electron chi connectivity index (χ4n) is 7.69. The molecule has 2 atom stereocenters. The van der Waals surface area contributed by atoms with E-state index in [1.165, 1.54) is 16.7 Å². The van der Waals surface area contributed by atoms with Crippen LogP contribution in [0.1, 0.15) is 55.3 Å². The molecule has 4 fully saturated rings. The lowest BCUT2D eigenvalue weighted by atomic mass is 9.51. The average molecular weight is 452 g/mol. The summed E-state index contributed by atoms with van der Waals surface area (Å²) in [6.07, 6.45) is 4.79. The number of aromatic nitrogens is 2. The predicted molar refractivity (Wildman–Crippen MR) is 123 cm³/mol. The number of hydrogen-bond acceptors (Lipinski definition) is 4. The maximum absolute atomic E-state index is 13.8. The molecule has 4 bridgehead atoms. The van der Waals surface area contributed by atoms with E-state index in [9.17, 15) is 19.1 Å². The summed E-state index contributed by atoms with van der Waals surface area (Å²) in [7, 11) is 0. The predicted octanol–water partition coefficient (Wildman–Crippen LogP) is 2.98. The minimum atomic E-state index is -0.750. The number of hydrogen-bond donors (Lipinski definition) is 1. The van der Waals surface area contributed by atoms with E-state index in [1.54, 1.807) is 23.6 Å². The summed E-state index contributed by atoms with van der Waals surface area (Å²) in [6.45, 7) is 7.60. The van der Waals surface area contributed by atoms with E-state index >= 15 is 0 Å². The molecule has 1 aromatic heterocycles. The summed E-state index contributed by atoms with van der Waals surface area (Å²) in [5, 5.41) is 11.2. The van der Waals surface area contributed by atoms with Crippen molar-refractivity contribution in [1.82, 2.24) is 14.0 Å². The monoisotopic (exact) mass is 451 g/mol. The summed E-state index contributed by atoms with van der Waals surface area (Å²) in [4.78, 5) is 29.5. The third-order valence-electron chi connectivity index (χ3n) is 8.58. The van der Waals surface area contributed by atoms with E-state index in [0.29, 0.717) is 54.8 Å². The van der Waals surface area contributed by atoms with Gasteiger partial charge >= 0.3 is 5.69 Å². The third kappa shape index (κ3) is 3.08. The smallest absolute Gasteiger partial charge is 0.332 e. The molecule has 7 heteroatoms. The SMILES string of the molecule is C=C1c2c(C)c(=O)n(C34CC5CC(CC(O)(C5)C3)C4)c(=O)n2CCN1Cc1ccc(F)cc1. The van der Waals surface area contributed by atoms with Crippen LogP contribution in [-0.2, 0) is 18.6 Å². The normalized spacial score (nSPS) is 32.3. The van der Waals surface area contributed by atoms with Gasteiger partial charge in [0.1, 0.15) is 5.82 Å². The van der Waals surface area contributed by atoms with Crippen molar-refractivity contribution in [3.63, 3.8) is 0 Å². The van der Waals surface area contributed by atoms with Gasteiger partial charge in [-0.3, -0.25) is 13.9 Å². The van der Waals surface area contributed by atoms with Crippen LogP contribution < -0.4 is 11.2 Å². The van der Waals surface area contributed by atoms with Crippen LogP contribution in [0, 0.1) is 24.6 Å². The van der Waals surface area contributed by atoms with E-state index in [1.807, 2.05) is 4.90 Å². The van der Waals surface area contributed by atoms with Gasteiger partial charge in [0.2, 0.25) is 0 Å². The molecule has 174 valence electrons. The molecule has 4 aliphatic carbocycles. The topological polar surface area (TPSA) is 67.5 Å². The average Bonchev–Trinajstić information content (AvgIpc) is 2.73. The molecule has 1 aromatic carbocycles. The summed E-state index contributed by atoms with van der Waals surface area (Å²) in [5.41, 5.74) is 0.876. The summed E-state index contributed by atoms with van der Waals surface area (Å²) in [6, 6.07) is 6.35. The Kier molecular flexibility index (Phi) is 4.38. The molecule has 33 heavy (non-hydrogen) atoms. The first kappa shape index (κ1) is 20.9. The Morgan fingerprint density at radius 3 is 2.39 bits per heavy atom. The molecular weight excluding hydrogens is 421 g/mol. The van der Waals surface area contributed by atoms with Crippen molar-refractivity contribution in [3.05, 3.63) is 74.3 Å². The third-order valence-corrected chi connectivity index (χ3v) is 8.58. The molecule has 0 radical (unpaired) electrons. The van der Waals surface area contributed by atoms with E-state index in [4.69, 9.17) is 0 Å². The van der Waals surface area contributed by atoms with E-state index in [-0.39, 0.29) is 17.1 Å². The molecule has 2 unspecified atom stereocenters. The Bertz CT molecular complexity index is 1260. The van der Waals surface area contributed by atoms with Crippen molar-refractivity contribution in [2.75, 3.05) is 6.54 Å². The van der Waals surface area contributed by atoms with Crippen molar-refractivity contribution in [3.8, 4) is 0 Å². The Balaban J connectivity index is 1.41. The van der Waals surface area contributed by atoms with Crippen LogP contribution >= 0.6 is 0 Å². The van der Waals surface area contributed by atoms with Gasteiger partial charge in [-0.05, 0) is 68.6 Å². The van der Waals surface area contributed by atoms with Gasteiger partial charge in [-0.15, -0.1) is 0 Å². The molecule has 0 amide bonds. The van der Waals surface area contributed by atoms with Crippen LogP contribution in [0.2, 0.25) is 0 Å². The number of aliphatic hydroxyl groups is 1. The Morgan fingerprint density at radius 2 is 1.76 bits per heavy atom. The highest BCUT2D eigenvalue weighted by Crippen LogP contribution is 2.59. The van der Waals surface area contributed by atoms with Crippen molar-refractivity contribution in [1.29, 1.82) is 0 Å². The van der Waals surface area contributed by atoms with Crippen LogP contribution in [0.15, 0.2) is 40.4 Å². The van der Waals surface area contributed by atoms with Gasteiger partial charge in [-0.25, -0.2) is 9.18 Å². The number of halogens is 1. The molecule has 5 aliphatic rings. The lowest BCUT2D eigenvalue weighted by Gasteiger charge is -2.60. The van der Waals surface area contributed by atoms with E-state index in [2.05, 4.69) is 6.58 Å². The molecule has 0 spiro atoms. The number of nitrogens with zero attached hydrogens (tertiary/aromatic N) is 3. The van der Waals surface area contributed by atoms with Crippen molar-refractivity contribution < 1.29 is 9.50 Å². The maximum atomic E-state index is 13.8. The standard InChI is InChI=1S/C26H30FN3O3/c1-16-22-17(2)28(14-18-3-5-21(27)6-4-18)7-8-29(22)24(32)30(23(16)31)25-10-19-9-20(11-25)13-26(33,12-19)15-25/h3-6,19-20,33H,2,7-15H2,1H3. The van der Waals surface area contributed by atoms with Crippen LogP contribution in [0.5, 0.6) is 0 Å². The Hall–Kier alpha value is -2.67. The highest BCUT2D eigenvalue weighted by Gasteiger charge is 2.59. The number of rotatable bonds is 3. The van der Waals surface area contributed by atoms with Crippen LogP contribution in [0.25, 0.3) is 5.70 Å². The van der Waals surface area contributed by atoms with Gasteiger partial charge in [0.25, 0.3) is 5.56 Å². The summed E-state index contributed by atoms with van der Waals surface area (Å²) >= 11 is 0. The van der Waals surface area contributed by atoms with Crippen molar-refractivity contribution >= 4 is 5.70 Å². The molecule has 6 nitrogen and oxygen atoms in total. The van der Waals surface area contributed by atoms with E-state index in [0.717, 1.165) is 37.7 Å². The highest BCUT2D eigenvalue weighted by molar-refractivity contribution is 5.62. The van der Waals surface area contributed by atoms with Crippen LogP contribution in [0.4, 0.5) is 4.39 Å². The molecular formula is C26H30FN3O3. The van der Waals surface area contributed by atoms with Gasteiger partial charge in [-0.1, -0.05) is 18.7 Å². The first-order valence-electron chi connectivity index (χ1n) is 12.0. The van der Waals surface area contributed by atoms with Crippen LogP contribution in [0.3, 0.4) is 0 Å². The first-order valence-corrected chi connectivity index (χ1v) is 12.0. The molecule has 7 rings (SSSR count). The molecule has 2 heterocycles. The van der Waals surface area contributed by atoms with E-state index < -0.39 is 11.1 Å². The minimum Gasteiger partial charge on any atom is -0.390 e. The molecule has 2 aromatic rings. The summed E-state index contributed by atoms with van der Waals surface area (Å²) < 4.78 is 16.5. The molecule has 1 N–H and O–H groups in total. The second-order valence-electron chi connectivity index (χ2n) is 11.0. The second kappa shape index (κ2) is 6.92. The van der Waals surface area contributed by atoms with Gasteiger partial charge in [-0.2, -0.15) is 0 Å². The Labute approximate surface area is 192 Å². The Morgan fingerprint density at radius 1 is 1.09 bits per heavy atom. The quantitative estimate of drug-likeness (QED) is 0.779. The van der Waals surface area contributed by atoms with Gasteiger partial charge in [0.15, 0.2) is 0 Å². The van der Waals surface area contributed by atoms with Gasteiger partial charge < -0.3 is 10.0 Å². The number of benzene rings is 1. The van der Waals surface area contributed by atoms with Crippen molar-refractivity contribution in [2.24, 2.45) is 11.8 Å². The molecule has 4 saturated carbocycles. The lowest BCUT2D eigenvalue weighted by molar-refractivity contribution is -0.158. The molecule has 0 saturated heterocycles. The zero-order valence-electron chi connectivity index (χ0n) is 19.0. The largest absolute Gasteiger partial charge is 0.390 e. The molecule has 1 aliphatic heterocycles. The lowest BCUT2D eigenvalue weighted by Crippen LogP contribution is -2.65. The fourth-order valence-corrected chi connectivity index (χ4v) is 7.69. The second-order valence-corrected chi connectivity index (χ2v) is 11.0. The van der Waals surface area contributed by atoms with Gasteiger partial charge in [0.05, 0.1) is 22.5 Å². The summed E-state index contributed by atoms with van der Waals surface area (Å²) in [5.74, 6) is 0.481. The first-order chi connectivity index (χ1) is 15.7. The maximum Gasteiger partial charge on any atom is 0.332 e. The van der Waals surface area contributed by atoms with Crippen molar-refractivity contribution in [2.45, 2.75) is 69.7 Å². The zero-order valence-corrected chi connectivity index (χ0v) is 19.0.